The molecule has 0 spiro atoms. The van der Waals surface area contributed by atoms with E-state index in [4.69, 9.17) is 0 Å². The normalized spacial score (nSPS) is 10.9. The Kier molecular flexibility index (Phi) is 4.75. The van der Waals surface area contributed by atoms with Gasteiger partial charge in [-0.2, -0.15) is 0 Å². The highest BCUT2D eigenvalue weighted by Crippen LogP contribution is 2.28. The molecule has 0 aliphatic carbocycles. The summed E-state index contributed by atoms with van der Waals surface area (Å²) in [6, 6.07) is 12.9. The van der Waals surface area contributed by atoms with Gasteiger partial charge in [-0.1, -0.05) is 18.2 Å². The van der Waals surface area contributed by atoms with E-state index in [-0.39, 0.29) is 23.8 Å². The van der Waals surface area contributed by atoms with E-state index in [0.29, 0.717) is 17.8 Å². The maximum absolute atomic E-state index is 13.1. The number of nitrogens with zero attached hydrogens (tertiary/aromatic N) is 2. The van der Waals surface area contributed by atoms with Crippen LogP contribution in [0, 0.1) is 5.82 Å². The molecule has 0 atom stereocenters. The summed E-state index contributed by atoms with van der Waals surface area (Å²) in [5.41, 5.74) is 1.97. The van der Waals surface area contributed by atoms with Gasteiger partial charge in [0.25, 0.3) is 0 Å². The van der Waals surface area contributed by atoms with Crippen molar-refractivity contribution in [2.75, 3.05) is 11.9 Å². The molecule has 134 valence electrons. The Labute approximate surface area is 150 Å². The number of rotatable bonds is 5. The van der Waals surface area contributed by atoms with Crippen molar-refractivity contribution in [1.29, 1.82) is 0 Å². The summed E-state index contributed by atoms with van der Waals surface area (Å²) in [6.07, 6.45) is -0.0526. The third-order valence-corrected chi connectivity index (χ3v) is 4.51. The number of carbonyl (C=O) groups excluding carboxylic acids is 1. The fourth-order valence-electron chi connectivity index (χ4n) is 3.21. The standard InChI is InChI=1S/C20H19FN2O3/c1-3-23-17-7-5-4-6-15(17)16(19(23)20(25)26)12-18(24)22(2)14-10-8-13(21)9-11-14/h4-11H,3,12H2,1-2H3,(H,25,26). The second kappa shape index (κ2) is 7.00. The molecule has 3 rings (SSSR count). The number of aromatic nitrogens is 1. The summed E-state index contributed by atoms with van der Waals surface area (Å²) in [5.74, 6) is -1.71. The highest BCUT2D eigenvalue weighted by molar-refractivity contribution is 6.03. The zero-order chi connectivity index (χ0) is 18.8. The predicted molar refractivity (Wildman–Crippen MR) is 98.1 cm³/mol. The number of likely N-dealkylation sites (N-methyl/N-ethyl adjacent to an activating group) is 1. The van der Waals surface area contributed by atoms with E-state index in [1.165, 1.54) is 29.2 Å². The maximum Gasteiger partial charge on any atom is 0.352 e. The monoisotopic (exact) mass is 354 g/mol. The Hall–Kier alpha value is -3.15. The smallest absolute Gasteiger partial charge is 0.352 e. The van der Waals surface area contributed by atoms with Gasteiger partial charge in [0.15, 0.2) is 0 Å². The number of carboxylic acid groups (broad SMARTS) is 1. The zero-order valence-electron chi connectivity index (χ0n) is 14.6. The Balaban J connectivity index is 2.02. The molecule has 0 bridgehead atoms. The third kappa shape index (κ3) is 3.06. The fourth-order valence-corrected chi connectivity index (χ4v) is 3.21. The molecule has 6 heteroatoms. The van der Waals surface area contributed by atoms with Crippen LogP contribution < -0.4 is 4.90 Å². The highest BCUT2D eigenvalue weighted by Gasteiger charge is 2.24. The van der Waals surface area contributed by atoms with Crippen LogP contribution in [0.5, 0.6) is 0 Å². The van der Waals surface area contributed by atoms with E-state index < -0.39 is 5.97 Å². The number of aromatic carboxylic acids is 1. The molecule has 0 saturated carbocycles. The van der Waals surface area contributed by atoms with Crippen molar-refractivity contribution in [1.82, 2.24) is 4.57 Å². The van der Waals surface area contributed by atoms with Gasteiger partial charge < -0.3 is 14.6 Å². The van der Waals surface area contributed by atoms with Crippen LogP contribution in [0.4, 0.5) is 10.1 Å². The predicted octanol–water partition coefficient (Wildman–Crippen LogP) is 3.70. The molecule has 0 saturated heterocycles. The number of carboxylic acids is 1. The molecule has 3 aromatic rings. The molecule has 0 radical (unpaired) electrons. The molecule has 1 N–H and O–H groups in total. The van der Waals surface area contributed by atoms with Crippen LogP contribution in [0.15, 0.2) is 48.5 Å². The Bertz CT molecular complexity index is 977. The number of carbonyl (C=O) groups is 2. The van der Waals surface area contributed by atoms with E-state index in [2.05, 4.69) is 0 Å². The number of halogens is 1. The summed E-state index contributed by atoms with van der Waals surface area (Å²) in [7, 11) is 1.59. The number of fused-ring (bicyclic) bond motifs is 1. The summed E-state index contributed by atoms with van der Waals surface area (Å²) in [6.45, 7) is 2.36. The minimum absolute atomic E-state index is 0.0526. The zero-order valence-corrected chi connectivity index (χ0v) is 14.6. The molecule has 1 amide bonds. The van der Waals surface area contributed by atoms with Crippen LogP contribution in [-0.4, -0.2) is 28.6 Å². The van der Waals surface area contributed by atoms with Crippen LogP contribution in [0.2, 0.25) is 0 Å². The number of hydrogen-bond acceptors (Lipinski definition) is 2. The number of hydrogen-bond donors (Lipinski definition) is 1. The Morgan fingerprint density at radius 2 is 1.77 bits per heavy atom. The second-order valence-corrected chi connectivity index (χ2v) is 6.00. The largest absolute Gasteiger partial charge is 0.477 e. The lowest BCUT2D eigenvalue weighted by molar-refractivity contribution is -0.117. The van der Waals surface area contributed by atoms with Gasteiger partial charge in [-0.05, 0) is 37.3 Å². The Morgan fingerprint density at radius 3 is 2.38 bits per heavy atom. The van der Waals surface area contributed by atoms with Gasteiger partial charge in [-0.15, -0.1) is 0 Å². The first-order chi connectivity index (χ1) is 12.4. The topological polar surface area (TPSA) is 62.5 Å². The molecule has 5 nitrogen and oxygen atoms in total. The van der Waals surface area contributed by atoms with Gasteiger partial charge in [0.2, 0.25) is 5.91 Å². The molecule has 0 aliphatic rings. The van der Waals surface area contributed by atoms with Crippen LogP contribution in [0.25, 0.3) is 10.9 Å². The van der Waals surface area contributed by atoms with Crippen molar-refractivity contribution >= 4 is 28.5 Å². The minimum atomic E-state index is -1.06. The molecular formula is C20H19FN2O3. The molecule has 0 aliphatic heterocycles. The summed E-state index contributed by atoms with van der Waals surface area (Å²) >= 11 is 0. The molecule has 26 heavy (non-hydrogen) atoms. The van der Waals surface area contributed by atoms with Gasteiger partial charge in [-0.3, -0.25) is 4.79 Å². The first kappa shape index (κ1) is 17.7. The van der Waals surface area contributed by atoms with E-state index in [0.717, 1.165) is 10.9 Å². The lowest BCUT2D eigenvalue weighted by Gasteiger charge is -2.17. The average Bonchev–Trinajstić information content (AvgIpc) is 2.95. The summed E-state index contributed by atoms with van der Waals surface area (Å²) in [4.78, 5) is 26.0. The van der Waals surface area contributed by atoms with E-state index >= 15 is 0 Å². The van der Waals surface area contributed by atoms with Crippen LogP contribution in [0.1, 0.15) is 23.0 Å². The SMILES string of the molecule is CCn1c(C(=O)O)c(CC(=O)N(C)c2ccc(F)cc2)c2ccccc21. The van der Waals surface area contributed by atoms with Gasteiger partial charge in [-0.25, -0.2) is 9.18 Å². The van der Waals surface area contributed by atoms with Gasteiger partial charge in [0.1, 0.15) is 11.5 Å². The number of aryl methyl sites for hydroxylation is 1. The van der Waals surface area contributed by atoms with Gasteiger partial charge >= 0.3 is 5.97 Å². The van der Waals surface area contributed by atoms with E-state index in [1.807, 2.05) is 31.2 Å². The molecule has 1 heterocycles. The quantitative estimate of drug-likeness (QED) is 0.760. The second-order valence-electron chi connectivity index (χ2n) is 6.00. The molecular weight excluding hydrogens is 335 g/mol. The first-order valence-electron chi connectivity index (χ1n) is 8.29. The summed E-state index contributed by atoms with van der Waals surface area (Å²) < 4.78 is 14.8. The summed E-state index contributed by atoms with van der Waals surface area (Å²) in [5, 5.41) is 10.4. The van der Waals surface area contributed by atoms with Crippen molar-refractivity contribution in [3.05, 3.63) is 65.6 Å². The number of benzene rings is 2. The lowest BCUT2D eigenvalue weighted by Crippen LogP contribution is -2.28. The lowest BCUT2D eigenvalue weighted by atomic mass is 10.1. The van der Waals surface area contributed by atoms with Gasteiger partial charge in [0, 0.05) is 35.7 Å². The van der Waals surface area contributed by atoms with Crippen molar-refractivity contribution in [3.63, 3.8) is 0 Å². The first-order valence-corrected chi connectivity index (χ1v) is 8.29. The van der Waals surface area contributed by atoms with Crippen molar-refractivity contribution in [3.8, 4) is 0 Å². The number of para-hydroxylation sites is 1. The molecule has 0 unspecified atom stereocenters. The minimum Gasteiger partial charge on any atom is -0.477 e. The van der Waals surface area contributed by atoms with Crippen molar-refractivity contribution < 1.29 is 19.1 Å². The average molecular weight is 354 g/mol. The molecule has 2 aromatic carbocycles. The van der Waals surface area contributed by atoms with Gasteiger partial charge in [0.05, 0.1) is 6.42 Å². The third-order valence-electron chi connectivity index (χ3n) is 4.51. The molecule has 0 fully saturated rings. The van der Waals surface area contributed by atoms with E-state index in [1.54, 1.807) is 11.6 Å². The van der Waals surface area contributed by atoms with Crippen LogP contribution in [-0.2, 0) is 17.8 Å². The van der Waals surface area contributed by atoms with Crippen LogP contribution in [0.3, 0.4) is 0 Å². The molecule has 1 aromatic heterocycles. The fraction of sp³-hybridized carbons (Fsp3) is 0.200. The number of anilines is 1. The Morgan fingerprint density at radius 1 is 1.12 bits per heavy atom. The number of amides is 1. The van der Waals surface area contributed by atoms with Crippen molar-refractivity contribution in [2.24, 2.45) is 0 Å². The van der Waals surface area contributed by atoms with Crippen molar-refractivity contribution in [2.45, 2.75) is 19.9 Å². The van der Waals surface area contributed by atoms with E-state index in [9.17, 15) is 19.1 Å². The van der Waals surface area contributed by atoms with Crippen LogP contribution >= 0.6 is 0 Å². The maximum atomic E-state index is 13.1. The highest BCUT2D eigenvalue weighted by atomic mass is 19.1.